The molecule has 1 N–H and O–H groups in total. The Morgan fingerprint density at radius 3 is 2.26 bits per heavy atom. The lowest BCUT2D eigenvalue weighted by atomic mass is 9.85. The molecule has 0 unspecified atom stereocenters. The Kier molecular flexibility index (Phi) is 4.28. The number of hydrogen-bond acceptors (Lipinski definition) is 5. The molecule has 2 aliphatic rings. The summed E-state index contributed by atoms with van der Waals surface area (Å²) in [7, 11) is 1.29. The van der Waals surface area contributed by atoms with Crippen LogP contribution in [0.15, 0.2) is 54.6 Å². The maximum Gasteiger partial charge on any atom is 0.323 e. The topological polar surface area (TPSA) is 75.7 Å². The smallest absolute Gasteiger partial charge is 0.323 e. The van der Waals surface area contributed by atoms with E-state index in [0.29, 0.717) is 5.69 Å². The van der Waals surface area contributed by atoms with Crippen LogP contribution < -0.4 is 10.2 Å². The summed E-state index contributed by atoms with van der Waals surface area (Å²) in [5.41, 5.74) is 2.43. The number of aryl methyl sites for hydroxylation is 1. The molecule has 4 atom stereocenters. The number of benzene rings is 2. The van der Waals surface area contributed by atoms with E-state index in [1.807, 2.05) is 37.3 Å². The minimum Gasteiger partial charge on any atom is -0.468 e. The van der Waals surface area contributed by atoms with Crippen molar-refractivity contribution in [2.45, 2.75) is 19.0 Å². The molecule has 6 nitrogen and oxygen atoms in total. The molecule has 6 heteroatoms. The first-order valence-corrected chi connectivity index (χ1v) is 8.87. The Hall–Kier alpha value is -2.99. The molecule has 0 aromatic heterocycles. The minimum absolute atomic E-state index is 0.289. The van der Waals surface area contributed by atoms with Crippen LogP contribution in [0.25, 0.3) is 0 Å². The Bertz CT molecular complexity index is 911. The zero-order valence-electron chi connectivity index (χ0n) is 15.1. The van der Waals surface area contributed by atoms with Gasteiger partial charge in [0, 0.05) is 6.04 Å². The van der Waals surface area contributed by atoms with E-state index in [0.717, 1.165) is 11.1 Å². The Morgan fingerprint density at radius 1 is 0.963 bits per heavy atom. The van der Waals surface area contributed by atoms with Crippen molar-refractivity contribution in [1.29, 1.82) is 0 Å². The van der Waals surface area contributed by atoms with Gasteiger partial charge >= 0.3 is 5.97 Å². The number of hydrogen-bond donors (Lipinski definition) is 1. The molecular weight excluding hydrogens is 344 g/mol. The lowest BCUT2D eigenvalue weighted by Gasteiger charge is -2.22. The molecule has 2 aromatic rings. The third-order valence-electron chi connectivity index (χ3n) is 5.47. The van der Waals surface area contributed by atoms with Crippen LogP contribution in [-0.4, -0.2) is 30.9 Å². The highest BCUT2D eigenvalue weighted by Crippen LogP contribution is 2.46. The van der Waals surface area contributed by atoms with Gasteiger partial charge in [-0.05, 0) is 30.2 Å². The molecule has 2 aromatic carbocycles. The molecule has 2 aliphatic heterocycles. The number of amides is 2. The lowest BCUT2D eigenvalue weighted by molar-refractivity contribution is -0.145. The van der Waals surface area contributed by atoms with Gasteiger partial charge in [-0.25, -0.2) is 4.90 Å². The largest absolute Gasteiger partial charge is 0.468 e. The summed E-state index contributed by atoms with van der Waals surface area (Å²) in [6.07, 6.45) is 0. The minimum atomic E-state index is -0.852. The van der Waals surface area contributed by atoms with Crippen LogP contribution in [0.5, 0.6) is 0 Å². The molecule has 2 amide bonds. The van der Waals surface area contributed by atoms with E-state index in [-0.39, 0.29) is 11.8 Å². The first kappa shape index (κ1) is 17.4. The molecule has 0 aliphatic carbocycles. The molecule has 0 spiro atoms. The van der Waals surface area contributed by atoms with Gasteiger partial charge in [0.15, 0.2) is 0 Å². The average Bonchev–Trinajstić information content (AvgIpc) is 3.19. The number of nitrogens with zero attached hydrogens (tertiary/aromatic N) is 1. The van der Waals surface area contributed by atoms with Crippen molar-refractivity contribution in [3.63, 3.8) is 0 Å². The van der Waals surface area contributed by atoms with Crippen molar-refractivity contribution in [2.24, 2.45) is 11.8 Å². The van der Waals surface area contributed by atoms with Crippen LogP contribution in [0.2, 0.25) is 0 Å². The van der Waals surface area contributed by atoms with Crippen LogP contribution in [0.1, 0.15) is 17.2 Å². The standard InChI is InChI=1S/C21H20N2O4/c1-12-8-6-7-11-14(12)17-15-16(18(22-17)21(26)27-2)20(25)23(19(15)24)13-9-4-3-5-10-13/h3-11,15-18,22H,1-2H3/t15-,16+,17+,18-/m0/s1. The van der Waals surface area contributed by atoms with Gasteiger partial charge in [-0.3, -0.25) is 19.7 Å². The number of fused-ring (bicyclic) bond motifs is 1. The summed E-state index contributed by atoms with van der Waals surface area (Å²) in [4.78, 5) is 40.0. The third kappa shape index (κ3) is 2.64. The van der Waals surface area contributed by atoms with Gasteiger partial charge in [0.1, 0.15) is 6.04 Å². The highest BCUT2D eigenvalue weighted by atomic mass is 16.5. The van der Waals surface area contributed by atoms with E-state index in [9.17, 15) is 14.4 Å². The summed E-state index contributed by atoms with van der Waals surface area (Å²) in [5, 5.41) is 3.19. The molecule has 138 valence electrons. The third-order valence-corrected chi connectivity index (χ3v) is 5.47. The first-order chi connectivity index (χ1) is 13.0. The molecule has 2 heterocycles. The van der Waals surface area contributed by atoms with E-state index in [2.05, 4.69) is 5.32 Å². The van der Waals surface area contributed by atoms with Crippen molar-refractivity contribution < 1.29 is 19.1 Å². The number of carbonyl (C=O) groups excluding carboxylic acids is 3. The van der Waals surface area contributed by atoms with E-state index in [1.54, 1.807) is 24.3 Å². The van der Waals surface area contributed by atoms with E-state index in [4.69, 9.17) is 4.74 Å². The van der Waals surface area contributed by atoms with Crippen molar-refractivity contribution in [3.8, 4) is 0 Å². The number of nitrogens with one attached hydrogen (secondary N) is 1. The second kappa shape index (κ2) is 6.63. The number of para-hydroxylation sites is 1. The summed E-state index contributed by atoms with van der Waals surface area (Å²) in [6, 6.07) is 15.2. The van der Waals surface area contributed by atoms with Gasteiger partial charge in [-0.1, -0.05) is 42.5 Å². The Morgan fingerprint density at radius 2 is 1.59 bits per heavy atom. The summed E-state index contributed by atoms with van der Waals surface area (Å²) < 4.78 is 4.90. The van der Waals surface area contributed by atoms with E-state index >= 15 is 0 Å². The number of ether oxygens (including phenoxy) is 1. The number of esters is 1. The molecule has 27 heavy (non-hydrogen) atoms. The van der Waals surface area contributed by atoms with Crippen LogP contribution >= 0.6 is 0 Å². The number of carbonyl (C=O) groups is 3. The van der Waals surface area contributed by atoms with E-state index < -0.39 is 29.9 Å². The monoisotopic (exact) mass is 364 g/mol. The fourth-order valence-electron chi connectivity index (χ4n) is 4.21. The summed E-state index contributed by atoms with van der Waals surface area (Å²) >= 11 is 0. The number of imide groups is 1. The summed E-state index contributed by atoms with van der Waals surface area (Å²) in [6.45, 7) is 1.95. The molecule has 0 radical (unpaired) electrons. The number of methoxy groups -OCH3 is 1. The zero-order valence-corrected chi connectivity index (χ0v) is 15.1. The van der Waals surface area contributed by atoms with Gasteiger partial charge in [0.2, 0.25) is 11.8 Å². The quantitative estimate of drug-likeness (QED) is 0.666. The predicted octanol–water partition coefficient (Wildman–Crippen LogP) is 1.99. The van der Waals surface area contributed by atoms with Crippen molar-refractivity contribution in [2.75, 3.05) is 12.0 Å². The van der Waals surface area contributed by atoms with Crippen LogP contribution in [0.4, 0.5) is 5.69 Å². The predicted molar refractivity (Wildman–Crippen MR) is 98.8 cm³/mol. The van der Waals surface area contributed by atoms with Crippen molar-refractivity contribution in [1.82, 2.24) is 5.32 Å². The molecular formula is C21H20N2O4. The number of anilines is 1. The highest BCUT2D eigenvalue weighted by Gasteiger charge is 2.61. The SMILES string of the molecule is COC(=O)[C@H]1N[C@H](c2ccccc2C)[C@H]2C(=O)N(c3ccccc3)C(=O)[C@H]21. The van der Waals surface area contributed by atoms with Crippen LogP contribution in [0.3, 0.4) is 0 Å². The highest BCUT2D eigenvalue weighted by molar-refractivity contribution is 6.23. The molecule has 4 rings (SSSR count). The van der Waals surface area contributed by atoms with Crippen molar-refractivity contribution >= 4 is 23.5 Å². The van der Waals surface area contributed by atoms with E-state index in [1.165, 1.54) is 12.0 Å². The first-order valence-electron chi connectivity index (χ1n) is 8.87. The average molecular weight is 364 g/mol. The van der Waals surface area contributed by atoms with Gasteiger partial charge in [-0.2, -0.15) is 0 Å². The Balaban J connectivity index is 1.80. The maximum atomic E-state index is 13.3. The van der Waals surface area contributed by atoms with Crippen molar-refractivity contribution in [3.05, 3.63) is 65.7 Å². The van der Waals surface area contributed by atoms with Gasteiger partial charge < -0.3 is 4.74 Å². The molecule has 0 saturated carbocycles. The maximum absolute atomic E-state index is 13.3. The fraction of sp³-hybridized carbons (Fsp3) is 0.286. The second-order valence-corrected chi connectivity index (χ2v) is 6.90. The second-order valence-electron chi connectivity index (χ2n) is 6.90. The normalized spacial score (nSPS) is 27.0. The summed E-state index contributed by atoms with van der Waals surface area (Å²) in [5.74, 6) is -2.62. The van der Waals surface area contributed by atoms with Gasteiger partial charge in [0.05, 0.1) is 24.6 Å². The zero-order chi connectivity index (χ0) is 19.1. The van der Waals surface area contributed by atoms with Crippen LogP contribution in [-0.2, 0) is 19.1 Å². The number of rotatable bonds is 3. The molecule has 0 bridgehead atoms. The molecule has 2 fully saturated rings. The van der Waals surface area contributed by atoms with Gasteiger partial charge in [-0.15, -0.1) is 0 Å². The van der Waals surface area contributed by atoms with Crippen LogP contribution in [0, 0.1) is 18.8 Å². The lowest BCUT2D eigenvalue weighted by Crippen LogP contribution is -2.43. The fourth-order valence-corrected chi connectivity index (χ4v) is 4.21. The Labute approximate surface area is 157 Å². The van der Waals surface area contributed by atoms with Gasteiger partial charge in [0.25, 0.3) is 0 Å². The molecule has 2 saturated heterocycles.